The van der Waals surface area contributed by atoms with Gasteiger partial charge in [0.2, 0.25) is 5.28 Å². The van der Waals surface area contributed by atoms with Crippen molar-refractivity contribution < 1.29 is 18.3 Å². The Morgan fingerprint density at radius 3 is 2.43 bits per heavy atom. The number of aromatic nitrogens is 2. The van der Waals surface area contributed by atoms with Crippen LogP contribution in [-0.4, -0.2) is 34.3 Å². The number of aliphatic hydroxyl groups excluding tert-OH is 1. The molecule has 1 N–H and O–H groups in total. The first-order valence-corrected chi connectivity index (χ1v) is 7.36. The molecule has 2 heterocycles. The van der Waals surface area contributed by atoms with E-state index in [1.807, 2.05) is 4.90 Å². The van der Waals surface area contributed by atoms with E-state index in [1.54, 1.807) is 6.07 Å². The molecule has 1 aliphatic rings. The summed E-state index contributed by atoms with van der Waals surface area (Å²) in [6.07, 6.45) is -4.16. The highest BCUT2D eigenvalue weighted by Gasteiger charge is 2.30. The van der Waals surface area contributed by atoms with E-state index in [4.69, 9.17) is 11.6 Å². The predicted octanol–water partition coefficient (Wildman–Crippen LogP) is 3.39. The molecule has 2 aromatic rings. The summed E-state index contributed by atoms with van der Waals surface area (Å²) in [6.45, 7) is 1.08. The molecule has 1 aliphatic heterocycles. The van der Waals surface area contributed by atoms with Gasteiger partial charge in [0.1, 0.15) is 5.82 Å². The van der Waals surface area contributed by atoms with Gasteiger partial charge in [0, 0.05) is 24.7 Å². The Morgan fingerprint density at radius 1 is 1.17 bits per heavy atom. The first-order chi connectivity index (χ1) is 10.8. The summed E-state index contributed by atoms with van der Waals surface area (Å²) in [4.78, 5) is 10.1. The average Bonchev–Trinajstić information content (AvgIpc) is 2.92. The lowest BCUT2D eigenvalue weighted by atomic mass is 10.1. The minimum absolute atomic E-state index is 0.0128. The fourth-order valence-electron chi connectivity index (χ4n) is 2.50. The SMILES string of the molecule is OC1CCN(c2cc(-c3ccc(C(F)(F)F)cc3)nc(Cl)n2)C1. The lowest BCUT2D eigenvalue weighted by molar-refractivity contribution is -0.137. The third-order valence-electron chi connectivity index (χ3n) is 3.68. The van der Waals surface area contributed by atoms with Gasteiger partial charge in [0.15, 0.2) is 0 Å². The van der Waals surface area contributed by atoms with Crippen molar-refractivity contribution in [3.8, 4) is 11.3 Å². The maximum absolute atomic E-state index is 12.6. The average molecular weight is 344 g/mol. The van der Waals surface area contributed by atoms with Gasteiger partial charge in [-0.05, 0) is 30.2 Å². The zero-order valence-electron chi connectivity index (χ0n) is 11.9. The molecule has 0 bridgehead atoms. The van der Waals surface area contributed by atoms with Crippen LogP contribution in [0.25, 0.3) is 11.3 Å². The number of rotatable bonds is 2. The van der Waals surface area contributed by atoms with Crippen LogP contribution in [0, 0.1) is 0 Å². The van der Waals surface area contributed by atoms with E-state index < -0.39 is 17.8 Å². The molecule has 0 radical (unpaired) electrons. The molecule has 0 amide bonds. The minimum Gasteiger partial charge on any atom is -0.391 e. The maximum Gasteiger partial charge on any atom is 0.416 e. The zero-order valence-corrected chi connectivity index (χ0v) is 12.6. The van der Waals surface area contributed by atoms with E-state index in [-0.39, 0.29) is 5.28 Å². The van der Waals surface area contributed by atoms with Crippen molar-refractivity contribution in [2.45, 2.75) is 18.7 Å². The number of anilines is 1. The topological polar surface area (TPSA) is 49.2 Å². The number of benzene rings is 1. The van der Waals surface area contributed by atoms with Crippen molar-refractivity contribution in [2.75, 3.05) is 18.0 Å². The highest BCUT2D eigenvalue weighted by Crippen LogP contribution is 2.31. The minimum atomic E-state index is -4.38. The molecule has 0 spiro atoms. The summed E-state index contributed by atoms with van der Waals surface area (Å²) in [5, 5.41) is 9.61. The van der Waals surface area contributed by atoms with Crippen molar-refractivity contribution >= 4 is 17.4 Å². The van der Waals surface area contributed by atoms with Gasteiger partial charge >= 0.3 is 6.18 Å². The molecule has 1 fully saturated rings. The van der Waals surface area contributed by atoms with Crippen LogP contribution in [-0.2, 0) is 6.18 Å². The van der Waals surface area contributed by atoms with Crippen LogP contribution in [0.5, 0.6) is 0 Å². The monoisotopic (exact) mass is 343 g/mol. The summed E-state index contributed by atoms with van der Waals surface area (Å²) in [6, 6.07) is 6.37. The van der Waals surface area contributed by atoms with Crippen molar-refractivity contribution in [2.24, 2.45) is 0 Å². The van der Waals surface area contributed by atoms with Gasteiger partial charge in [-0.3, -0.25) is 0 Å². The molecular weight excluding hydrogens is 331 g/mol. The number of alkyl halides is 3. The fraction of sp³-hybridized carbons (Fsp3) is 0.333. The van der Waals surface area contributed by atoms with Gasteiger partial charge in [0.25, 0.3) is 0 Å². The Balaban J connectivity index is 1.92. The van der Waals surface area contributed by atoms with E-state index in [0.29, 0.717) is 36.6 Å². The largest absolute Gasteiger partial charge is 0.416 e. The molecule has 23 heavy (non-hydrogen) atoms. The molecule has 1 saturated heterocycles. The van der Waals surface area contributed by atoms with Crippen LogP contribution < -0.4 is 4.90 Å². The normalized spacial score (nSPS) is 18.5. The van der Waals surface area contributed by atoms with Crippen LogP contribution >= 0.6 is 11.6 Å². The van der Waals surface area contributed by atoms with E-state index in [1.165, 1.54) is 12.1 Å². The number of nitrogens with zero attached hydrogens (tertiary/aromatic N) is 3. The van der Waals surface area contributed by atoms with Crippen molar-refractivity contribution in [1.29, 1.82) is 0 Å². The highest BCUT2D eigenvalue weighted by atomic mass is 35.5. The Morgan fingerprint density at radius 2 is 1.87 bits per heavy atom. The number of aliphatic hydroxyl groups is 1. The lowest BCUT2D eigenvalue weighted by Crippen LogP contribution is -2.22. The quantitative estimate of drug-likeness (QED) is 0.849. The van der Waals surface area contributed by atoms with Gasteiger partial charge in [-0.25, -0.2) is 9.97 Å². The first kappa shape index (κ1) is 16.0. The van der Waals surface area contributed by atoms with Crippen molar-refractivity contribution in [3.63, 3.8) is 0 Å². The summed E-state index contributed by atoms with van der Waals surface area (Å²) in [5.74, 6) is 0.552. The van der Waals surface area contributed by atoms with Gasteiger partial charge in [0.05, 0.1) is 17.4 Å². The Labute approximate surface area is 135 Å². The molecule has 1 aromatic carbocycles. The number of hydrogen-bond acceptors (Lipinski definition) is 4. The second-order valence-electron chi connectivity index (χ2n) is 5.34. The third-order valence-corrected chi connectivity index (χ3v) is 3.85. The third kappa shape index (κ3) is 3.56. The summed E-state index contributed by atoms with van der Waals surface area (Å²) in [7, 11) is 0. The molecule has 3 rings (SSSR count). The van der Waals surface area contributed by atoms with Gasteiger partial charge in [-0.1, -0.05) is 12.1 Å². The Bertz CT molecular complexity index is 706. The molecule has 0 saturated carbocycles. The van der Waals surface area contributed by atoms with Gasteiger partial charge < -0.3 is 10.0 Å². The number of hydrogen-bond donors (Lipinski definition) is 1. The summed E-state index contributed by atoms with van der Waals surface area (Å²) < 4.78 is 37.8. The van der Waals surface area contributed by atoms with Crippen LogP contribution in [0.15, 0.2) is 30.3 Å². The second-order valence-corrected chi connectivity index (χ2v) is 5.68. The highest BCUT2D eigenvalue weighted by molar-refractivity contribution is 6.28. The van der Waals surface area contributed by atoms with Crippen molar-refractivity contribution in [1.82, 2.24) is 9.97 Å². The number of halogens is 4. The molecule has 0 aliphatic carbocycles. The van der Waals surface area contributed by atoms with Crippen molar-refractivity contribution in [3.05, 3.63) is 41.2 Å². The van der Waals surface area contributed by atoms with E-state index >= 15 is 0 Å². The van der Waals surface area contributed by atoms with Crippen LogP contribution in [0.4, 0.5) is 19.0 Å². The fourth-order valence-corrected chi connectivity index (χ4v) is 2.67. The Hall–Kier alpha value is -1.86. The zero-order chi connectivity index (χ0) is 16.6. The molecule has 4 nitrogen and oxygen atoms in total. The van der Waals surface area contributed by atoms with Crippen LogP contribution in [0.3, 0.4) is 0 Å². The number of β-amino-alcohol motifs (C(OH)–C–C–N with tert-alkyl or cyclic N) is 1. The van der Waals surface area contributed by atoms with E-state index in [2.05, 4.69) is 9.97 Å². The van der Waals surface area contributed by atoms with Gasteiger partial charge in [-0.2, -0.15) is 13.2 Å². The predicted molar refractivity (Wildman–Crippen MR) is 80.3 cm³/mol. The molecule has 1 unspecified atom stereocenters. The van der Waals surface area contributed by atoms with E-state index in [0.717, 1.165) is 12.1 Å². The Kier molecular flexibility index (Phi) is 4.16. The van der Waals surface area contributed by atoms with Crippen LogP contribution in [0.1, 0.15) is 12.0 Å². The molecular formula is C15H13ClF3N3O. The lowest BCUT2D eigenvalue weighted by Gasteiger charge is -2.17. The molecule has 1 atom stereocenters. The maximum atomic E-state index is 12.6. The second kappa shape index (κ2) is 5.98. The standard InChI is InChI=1S/C15H13ClF3N3O/c16-14-20-12(7-13(21-14)22-6-5-11(23)8-22)9-1-3-10(4-2-9)15(17,18)19/h1-4,7,11,23H,5-6,8H2. The summed E-state index contributed by atoms with van der Waals surface area (Å²) in [5.41, 5.74) is 0.239. The van der Waals surface area contributed by atoms with Gasteiger partial charge in [-0.15, -0.1) is 0 Å². The first-order valence-electron chi connectivity index (χ1n) is 6.98. The summed E-state index contributed by atoms with van der Waals surface area (Å²) >= 11 is 5.93. The molecule has 8 heteroatoms. The van der Waals surface area contributed by atoms with E-state index in [9.17, 15) is 18.3 Å². The molecule has 1 aromatic heterocycles. The smallest absolute Gasteiger partial charge is 0.391 e. The van der Waals surface area contributed by atoms with Crippen LogP contribution in [0.2, 0.25) is 5.28 Å². The molecule has 122 valence electrons.